The molecule has 2 aromatic rings. The molecule has 0 bridgehead atoms. The third-order valence-electron chi connectivity index (χ3n) is 5.31. The normalized spacial score (nSPS) is 15.1. The van der Waals surface area contributed by atoms with E-state index in [4.69, 9.17) is 4.42 Å². The number of aromatic nitrogens is 1. The molecule has 6 heteroatoms. The van der Waals surface area contributed by atoms with Crippen LogP contribution >= 0.6 is 0 Å². The van der Waals surface area contributed by atoms with Crippen molar-refractivity contribution in [1.29, 1.82) is 0 Å². The Balaban J connectivity index is 1.67. The number of carbonyl (C=O) groups excluding carboxylic acids is 2. The molecule has 1 aromatic carbocycles. The zero-order valence-electron chi connectivity index (χ0n) is 16.7. The zero-order valence-corrected chi connectivity index (χ0v) is 16.7. The molecule has 1 aromatic heterocycles. The minimum atomic E-state index is -0.148. The van der Waals surface area contributed by atoms with E-state index in [-0.39, 0.29) is 17.7 Å². The van der Waals surface area contributed by atoms with Gasteiger partial charge in [0.25, 0.3) is 11.8 Å². The Morgan fingerprint density at radius 1 is 1.11 bits per heavy atom. The third kappa shape index (κ3) is 3.89. The third-order valence-corrected chi connectivity index (χ3v) is 5.31. The minimum absolute atomic E-state index is 0.0728. The standard InChI is InChI=1S/C21H27N3O3/c1-13-6-7-17(12-14(13)2)20(25)24-10-8-16(9-11-24)19-22-18(15(3)27-19)21(26)23(4)5/h6-7,12,16H,8-11H2,1-5H3. The number of benzene rings is 1. The van der Waals surface area contributed by atoms with Crippen molar-refractivity contribution in [2.45, 2.75) is 39.5 Å². The molecule has 0 aliphatic carbocycles. The maximum absolute atomic E-state index is 12.8. The number of amides is 2. The summed E-state index contributed by atoms with van der Waals surface area (Å²) >= 11 is 0. The summed E-state index contributed by atoms with van der Waals surface area (Å²) in [6, 6.07) is 5.85. The van der Waals surface area contributed by atoms with Crippen LogP contribution in [0.3, 0.4) is 0 Å². The molecule has 1 aliphatic rings. The number of hydrogen-bond donors (Lipinski definition) is 0. The summed E-state index contributed by atoms with van der Waals surface area (Å²) in [6.07, 6.45) is 1.57. The maximum Gasteiger partial charge on any atom is 0.275 e. The number of likely N-dealkylation sites (tertiary alicyclic amines) is 1. The van der Waals surface area contributed by atoms with Crippen molar-refractivity contribution < 1.29 is 14.0 Å². The molecule has 0 radical (unpaired) electrons. The minimum Gasteiger partial charge on any atom is -0.445 e. The van der Waals surface area contributed by atoms with Crippen LogP contribution in [0.15, 0.2) is 22.6 Å². The Morgan fingerprint density at radius 3 is 2.37 bits per heavy atom. The molecule has 1 fully saturated rings. The second-order valence-corrected chi connectivity index (χ2v) is 7.52. The summed E-state index contributed by atoms with van der Waals surface area (Å²) in [7, 11) is 3.40. The van der Waals surface area contributed by atoms with Gasteiger partial charge >= 0.3 is 0 Å². The monoisotopic (exact) mass is 369 g/mol. The number of hydrogen-bond acceptors (Lipinski definition) is 4. The van der Waals surface area contributed by atoms with Crippen molar-refractivity contribution in [3.8, 4) is 0 Å². The lowest BCUT2D eigenvalue weighted by molar-refractivity contribution is 0.0705. The zero-order chi connectivity index (χ0) is 19.7. The molecule has 0 atom stereocenters. The maximum atomic E-state index is 12.8. The van der Waals surface area contributed by atoms with E-state index in [1.54, 1.807) is 21.0 Å². The quantitative estimate of drug-likeness (QED) is 0.832. The van der Waals surface area contributed by atoms with E-state index in [9.17, 15) is 9.59 Å². The lowest BCUT2D eigenvalue weighted by Gasteiger charge is -2.30. The summed E-state index contributed by atoms with van der Waals surface area (Å²) in [5, 5.41) is 0. The van der Waals surface area contributed by atoms with Gasteiger partial charge in [0.05, 0.1) is 0 Å². The lowest BCUT2D eigenvalue weighted by atomic mass is 9.96. The van der Waals surface area contributed by atoms with E-state index in [1.807, 2.05) is 36.9 Å². The van der Waals surface area contributed by atoms with Gasteiger partial charge in [-0.2, -0.15) is 0 Å². The highest BCUT2D eigenvalue weighted by atomic mass is 16.4. The second kappa shape index (κ2) is 7.55. The first-order valence-corrected chi connectivity index (χ1v) is 9.33. The molecule has 0 saturated carbocycles. The highest BCUT2D eigenvalue weighted by Crippen LogP contribution is 2.29. The van der Waals surface area contributed by atoms with E-state index in [2.05, 4.69) is 4.98 Å². The van der Waals surface area contributed by atoms with Crippen LogP contribution in [0, 0.1) is 20.8 Å². The molecule has 144 valence electrons. The average Bonchev–Trinajstić information content (AvgIpc) is 3.04. The topological polar surface area (TPSA) is 66.7 Å². The van der Waals surface area contributed by atoms with Gasteiger partial charge in [-0.25, -0.2) is 4.98 Å². The Labute approximate surface area is 160 Å². The van der Waals surface area contributed by atoms with Gasteiger partial charge in [0.2, 0.25) is 0 Å². The van der Waals surface area contributed by atoms with Gasteiger partial charge in [-0.1, -0.05) is 6.07 Å². The van der Waals surface area contributed by atoms with E-state index in [1.165, 1.54) is 10.5 Å². The molecule has 2 amide bonds. The van der Waals surface area contributed by atoms with Crippen molar-refractivity contribution in [1.82, 2.24) is 14.8 Å². The van der Waals surface area contributed by atoms with Gasteiger partial charge in [0, 0.05) is 38.7 Å². The van der Waals surface area contributed by atoms with E-state index in [0.29, 0.717) is 30.4 Å². The number of oxazole rings is 1. The SMILES string of the molecule is Cc1ccc(C(=O)N2CCC(c3nc(C(=O)N(C)C)c(C)o3)CC2)cc1C. The Bertz CT molecular complexity index is 862. The first kappa shape index (κ1) is 19.1. The molecule has 27 heavy (non-hydrogen) atoms. The highest BCUT2D eigenvalue weighted by Gasteiger charge is 2.29. The first-order chi connectivity index (χ1) is 12.8. The molecular weight excluding hydrogens is 342 g/mol. The van der Waals surface area contributed by atoms with Crippen molar-refractivity contribution >= 4 is 11.8 Å². The molecule has 2 heterocycles. The molecular formula is C21H27N3O3. The van der Waals surface area contributed by atoms with Gasteiger partial charge in [-0.3, -0.25) is 9.59 Å². The van der Waals surface area contributed by atoms with Crippen molar-refractivity contribution in [3.05, 3.63) is 52.2 Å². The molecule has 0 unspecified atom stereocenters. The van der Waals surface area contributed by atoms with Gasteiger partial charge in [-0.05, 0) is 56.9 Å². The fraction of sp³-hybridized carbons (Fsp3) is 0.476. The summed E-state index contributed by atoms with van der Waals surface area (Å²) in [4.78, 5) is 32.8. The Morgan fingerprint density at radius 2 is 1.78 bits per heavy atom. The second-order valence-electron chi connectivity index (χ2n) is 7.52. The predicted octanol–water partition coefficient (Wildman–Crippen LogP) is 3.32. The van der Waals surface area contributed by atoms with Crippen LogP contribution in [-0.2, 0) is 0 Å². The Hall–Kier alpha value is -2.63. The number of nitrogens with zero attached hydrogens (tertiary/aromatic N) is 3. The van der Waals surface area contributed by atoms with E-state index < -0.39 is 0 Å². The molecule has 0 spiro atoms. The summed E-state index contributed by atoms with van der Waals surface area (Å²) in [6.45, 7) is 7.16. The van der Waals surface area contributed by atoms with E-state index in [0.717, 1.165) is 24.0 Å². The van der Waals surface area contributed by atoms with Crippen LogP contribution in [0.2, 0.25) is 0 Å². The van der Waals surface area contributed by atoms with Crippen LogP contribution in [0.25, 0.3) is 0 Å². The summed E-state index contributed by atoms with van der Waals surface area (Å²) < 4.78 is 5.77. The van der Waals surface area contributed by atoms with Gasteiger partial charge in [0.15, 0.2) is 11.6 Å². The van der Waals surface area contributed by atoms with Crippen LogP contribution in [0.4, 0.5) is 0 Å². The summed E-state index contributed by atoms with van der Waals surface area (Å²) in [5.74, 6) is 1.22. The largest absolute Gasteiger partial charge is 0.445 e. The van der Waals surface area contributed by atoms with Gasteiger partial charge in [-0.15, -0.1) is 0 Å². The van der Waals surface area contributed by atoms with Gasteiger partial charge < -0.3 is 14.2 Å². The van der Waals surface area contributed by atoms with Crippen molar-refractivity contribution in [2.75, 3.05) is 27.2 Å². The van der Waals surface area contributed by atoms with Crippen LogP contribution in [-0.4, -0.2) is 53.8 Å². The van der Waals surface area contributed by atoms with Crippen molar-refractivity contribution in [3.63, 3.8) is 0 Å². The van der Waals surface area contributed by atoms with Crippen molar-refractivity contribution in [2.24, 2.45) is 0 Å². The summed E-state index contributed by atoms with van der Waals surface area (Å²) in [5.41, 5.74) is 3.43. The Kier molecular flexibility index (Phi) is 5.35. The molecule has 1 saturated heterocycles. The van der Waals surface area contributed by atoms with Crippen LogP contribution in [0.1, 0.15) is 62.4 Å². The predicted molar refractivity (Wildman–Crippen MR) is 103 cm³/mol. The molecule has 0 N–H and O–H groups in total. The smallest absolute Gasteiger partial charge is 0.275 e. The molecule has 3 rings (SSSR count). The van der Waals surface area contributed by atoms with Gasteiger partial charge in [0.1, 0.15) is 5.76 Å². The highest BCUT2D eigenvalue weighted by molar-refractivity contribution is 5.94. The first-order valence-electron chi connectivity index (χ1n) is 9.33. The molecule has 1 aliphatic heterocycles. The van der Waals surface area contributed by atoms with Crippen LogP contribution in [0.5, 0.6) is 0 Å². The van der Waals surface area contributed by atoms with Crippen LogP contribution < -0.4 is 0 Å². The molecule has 6 nitrogen and oxygen atoms in total. The van der Waals surface area contributed by atoms with E-state index >= 15 is 0 Å². The fourth-order valence-corrected chi connectivity index (χ4v) is 3.39. The number of rotatable bonds is 3. The lowest BCUT2D eigenvalue weighted by Crippen LogP contribution is -2.38. The fourth-order valence-electron chi connectivity index (χ4n) is 3.39. The number of piperidine rings is 1. The average molecular weight is 369 g/mol. The number of carbonyl (C=O) groups is 2. The number of aryl methyl sites for hydroxylation is 3.